The Morgan fingerprint density at radius 2 is 1.74 bits per heavy atom. The van der Waals surface area contributed by atoms with E-state index in [1.807, 2.05) is 37.2 Å². The zero-order chi connectivity index (χ0) is 23.0. The maximum atomic E-state index is 14.3. The number of halogens is 1. The summed E-state index contributed by atoms with van der Waals surface area (Å²) in [7, 11) is 5.35. The first-order valence-corrected chi connectivity index (χ1v) is 10.7. The van der Waals surface area contributed by atoms with Gasteiger partial charge >= 0.3 is 0 Å². The highest BCUT2D eigenvalue weighted by atomic mass is 19.1. The normalized spacial score (nSPS) is 13.2. The van der Waals surface area contributed by atoms with Crippen LogP contribution in [0.3, 0.4) is 0 Å². The van der Waals surface area contributed by atoms with Crippen LogP contribution >= 0.6 is 0 Å². The molecule has 0 aliphatic rings. The van der Waals surface area contributed by atoms with E-state index in [2.05, 4.69) is 36.6 Å². The molecule has 0 aromatic heterocycles. The first kappa shape index (κ1) is 24.5. The van der Waals surface area contributed by atoms with E-state index in [1.165, 1.54) is 24.7 Å². The van der Waals surface area contributed by atoms with Gasteiger partial charge in [-0.15, -0.1) is 0 Å². The van der Waals surface area contributed by atoms with Crippen LogP contribution < -0.4 is 10.6 Å². The standard InChI is InChI=1S/C25H34FN3O2/c1-17(2)22(19-9-7-6-8-10-19)15-24(30)28-16-20(29(4)5)13-18-11-12-21(23(26)14-18)25(31)27-3/h6-12,14,17,20,22H,13,15-16H2,1-5H3,(H,27,31)(H,28,30)/t20-,22-/m0/s1. The molecule has 0 fully saturated rings. The predicted molar refractivity (Wildman–Crippen MR) is 123 cm³/mol. The molecule has 0 unspecified atom stereocenters. The number of rotatable bonds is 10. The number of likely N-dealkylation sites (N-methyl/N-ethyl adjacent to an activating group) is 1. The molecule has 0 spiro atoms. The monoisotopic (exact) mass is 427 g/mol. The van der Waals surface area contributed by atoms with E-state index in [1.54, 1.807) is 6.07 Å². The molecule has 2 atom stereocenters. The number of hydrogen-bond donors (Lipinski definition) is 2. The summed E-state index contributed by atoms with van der Waals surface area (Å²) in [6.45, 7) is 4.72. The topological polar surface area (TPSA) is 61.4 Å². The molecule has 5 nitrogen and oxygen atoms in total. The van der Waals surface area contributed by atoms with Gasteiger partial charge in [0.15, 0.2) is 0 Å². The maximum absolute atomic E-state index is 14.3. The third kappa shape index (κ3) is 7.17. The van der Waals surface area contributed by atoms with Crippen molar-refractivity contribution in [2.24, 2.45) is 5.92 Å². The molecule has 168 valence electrons. The summed E-state index contributed by atoms with van der Waals surface area (Å²) in [4.78, 5) is 26.4. The first-order valence-electron chi connectivity index (χ1n) is 10.7. The molecule has 2 aromatic rings. The van der Waals surface area contributed by atoms with E-state index in [-0.39, 0.29) is 23.4 Å². The molecular formula is C25H34FN3O2. The first-order chi connectivity index (χ1) is 14.7. The molecule has 2 N–H and O–H groups in total. The predicted octanol–water partition coefficient (Wildman–Crippen LogP) is 3.60. The van der Waals surface area contributed by atoms with E-state index < -0.39 is 11.7 Å². The molecule has 2 aromatic carbocycles. The van der Waals surface area contributed by atoms with Gasteiger partial charge in [0.1, 0.15) is 5.82 Å². The molecule has 0 aliphatic carbocycles. The molecule has 0 radical (unpaired) electrons. The lowest BCUT2D eigenvalue weighted by molar-refractivity contribution is -0.121. The Balaban J connectivity index is 1.99. The zero-order valence-electron chi connectivity index (χ0n) is 19.1. The van der Waals surface area contributed by atoms with Crippen molar-refractivity contribution in [3.8, 4) is 0 Å². The molecular weight excluding hydrogens is 393 g/mol. The number of nitrogens with one attached hydrogen (secondary N) is 2. The highest BCUT2D eigenvalue weighted by Gasteiger charge is 2.21. The fraction of sp³-hybridized carbons (Fsp3) is 0.440. The van der Waals surface area contributed by atoms with Crippen LogP contribution in [-0.4, -0.2) is 50.4 Å². The minimum absolute atomic E-state index is 0.00317. The average Bonchev–Trinajstić information content (AvgIpc) is 2.74. The van der Waals surface area contributed by atoms with Crippen LogP contribution in [0.25, 0.3) is 0 Å². The molecule has 31 heavy (non-hydrogen) atoms. The molecule has 0 saturated carbocycles. The van der Waals surface area contributed by atoms with Gasteiger partial charge in [0.25, 0.3) is 5.91 Å². The number of hydrogen-bond acceptors (Lipinski definition) is 3. The summed E-state index contributed by atoms with van der Waals surface area (Å²) in [5.74, 6) is -0.472. The van der Waals surface area contributed by atoms with E-state index in [0.717, 1.165) is 5.56 Å². The Labute approximate surface area is 185 Å². The zero-order valence-corrected chi connectivity index (χ0v) is 19.1. The van der Waals surface area contributed by atoms with E-state index >= 15 is 0 Å². The minimum Gasteiger partial charge on any atom is -0.355 e. The average molecular weight is 428 g/mol. The molecule has 0 heterocycles. The number of carbonyl (C=O) groups is 2. The number of amides is 2. The number of carbonyl (C=O) groups excluding carboxylic acids is 2. The lowest BCUT2D eigenvalue weighted by Crippen LogP contribution is -2.42. The third-order valence-electron chi connectivity index (χ3n) is 5.68. The minimum atomic E-state index is -0.541. The van der Waals surface area contributed by atoms with Crippen LogP contribution in [0.15, 0.2) is 48.5 Å². The second-order valence-corrected chi connectivity index (χ2v) is 8.48. The van der Waals surface area contributed by atoms with Crippen LogP contribution in [0.2, 0.25) is 0 Å². The van der Waals surface area contributed by atoms with Crippen LogP contribution in [0.1, 0.15) is 47.7 Å². The van der Waals surface area contributed by atoms with E-state index in [0.29, 0.717) is 25.3 Å². The quantitative estimate of drug-likeness (QED) is 0.609. The van der Waals surface area contributed by atoms with Crippen LogP contribution in [0.5, 0.6) is 0 Å². The van der Waals surface area contributed by atoms with Crippen molar-refractivity contribution in [1.29, 1.82) is 0 Å². The molecule has 0 aliphatic heterocycles. The fourth-order valence-corrected chi connectivity index (χ4v) is 3.66. The van der Waals surface area contributed by atoms with Crippen molar-refractivity contribution in [2.45, 2.75) is 38.6 Å². The highest BCUT2D eigenvalue weighted by Crippen LogP contribution is 2.27. The van der Waals surface area contributed by atoms with E-state index in [4.69, 9.17) is 0 Å². The Kier molecular flexibility index (Phi) is 9.19. The van der Waals surface area contributed by atoms with Crippen LogP contribution in [0, 0.1) is 11.7 Å². The Morgan fingerprint density at radius 1 is 1.06 bits per heavy atom. The van der Waals surface area contributed by atoms with Crippen molar-refractivity contribution >= 4 is 11.8 Å². The Morgan fingerprint density at radius 3 is 2.29 bits per heavy atom. The lowest BCUT2D eigenvalue weighted by Gasteiger charge is -2.26. The van der Waals surface area contributed by atoms with Gasteiger partial charge in [-0.05, 0) is 55.6 Å². The highest BCUT2D eigenvalue weighted by molar-refractivity contribution is 5.94. The van der Waals surface area contributed by atoms with Crippen molar-refractivity contribution in [3.05, 3.63) is 71.0 Å². The molecule has 0 saturated heterocycles. The van der Waals surface area contributed by atoms with Crippen molar-refractivity contribution in [3.63, 3.8) is 0 Å². The third-order valence-corrected chi connectivity index (χ3v) is 5.68. The molecule has 2 rings (SSSR count). The summed E-state index contributed by atoms with van der Waals surface area (Å²) < 4.78 is 14.3. The SMILES string of the molecule is CNC(=O)c1ccc(C[C@@H](CNC(=O)C[C@H](c2ccccc2)C(C)C)N(C)C)cc1F. The molecule has 2 amide bonds. The smallest absolute Gasteiger partial charge is 0.253 e. The van der Waals surface area contributed by atoms with Gasteiger partial charge in [0, 0.05) is 26.1 Å². The summed E-state index contributed by atoms with van der Waals surface area (Å²) in [6.07, 6.45) is 0.988. The molecule has 6 heteroatoms. The number of nitrogens with zero attached hydrogens (tertiary/aromatic N) is 1. The lowest BCUT2D eigenvalue weighted by atomic mass is 9.85. The maximum Gasteiger partial charge on any atom is 0.253 e. The number of benzene rings is 2. The molecule has 0 bridgehead atoms. The van der Waals surface area contributed by atoms with E-state index in [9.17, 15) is 14.0 Å². The van der Waals surface area contributed by atoms with Crippen LogP contribution in [-0.2, 0) is 11.2 Å². The van der Waals surface area contributed by atoms with Gasteiger partial charge < -0.3 is 15.5 Å². The van der Waals surface area contributed by atoms with Crippen molar-refractivity contribution in [1.82, 2.24) is 15.5 Å². The second kappa shape index (κ2) is 11.6. The Hall–Kier alpha value is -2.73. The largest absolute Gasteiger partial charge is 0.355 e. The Bertz CT molecular complexity index is 868. The summed E-state index contributed by atoms with van der Waals surface area (Å²) in [6, 6.07) is 14.8. The van der Waals surface area contributed by atoms with Gasteiger partial charge in [0.05, 0.1) is 5.56 Å². The van der Waals surface area contributed by atoms with Gasteiger partial charge in [-0.1, -0.05) is 50.2 Å². The van der Waals surface area contributed by atoms with Gasteiger partial charge in [-0.25, -0.2) is 4.39 Å². The van der Waals surface area contributed by atoms with Gasteiger partial charge in [-0.2, -0.15) is 0 Å². The second-order valence-electron chi connectivity index (χ2n) is 8.48. The fourth-order valence-electron chi connectivity index (χ4n) is 3.66. The summed E-state index contributed by atoms with van der Waals surface area (Å²) in [5.41, 5.74) is 1.98. The van der Waals surface area contributed by atoms with Gasteiger partial charge in [-0.3, -0.25) is 9.59 Å². The van der Waals surface area contributed by atoms with Crippen LogP contribution in [0.4, 0.5) is 4.39 Å². The van der Waals surface area contributed by atoms with Crippen molar-refractivity contribution in [2.75, 3.05) is 27.7 Å². The summed E-state index contributed by atoms with van der Waals surface area (Å²) in [5, 5.41) is 5.49. The summed E-state index contributed by atoms with van der Waals surface area (Å²) >= 11 is 0. The van der Waals surface area contributed by atoms with Gasteiger partial charge in [0.2, 0.25) is 5.91 Å². The van der Waals surface area contributed by atoms with Crippen molar-refractivity contribution < 1.29 is 14.0 Å².